The van der Waals surface area contributed by atoms with Crippen molar-refractivity contribution < 1.29 is 26.8 Å². The van der Waals surface area contributed by atoms with Crippen LogP contribution in [0.4, 0.5) is 0 Å². The number of hydrogen-bond acceptors (Lipinski definition) is 6. The van der Waals surface area contributed by atoms with E-state index in [9.17, 15) is 9.00 Å². The molecule has 1 heterocycles. The molecule has 0 aromatic heterocycles. The van der Waals surface area contributed by atoms with Gasteiger partial charge in [0.2, 0.25) is 6.10 Å². The molecule has 7 heteroatoms. The summed E-state index contributed by atoms with van der Waals surface area (Å²) in [5.41, 5.74) is 0.671. The van der Waals surface area contributed by atoms with Gasteiger partial charge in [-0.25, -0.2) is 8.98 Å². The minimum atomic E-state index is -1.95. The second-order valence-electron chi connectivity index (χ2n) is 3.76. The van der Waals surface area contributed by atoms with Gasteiger partial charge in [0.05, 0.1) is 13.7 Å². The predicted molar refractivity (Wildman–Crippen MR) is 66.5 cm³/mol. The Bertz CT molecular complexity index is 472. The zero-order valence-electron chi connectivity index (χ0n) is 10.5. The van der Waals surface area contributed by atoms with Crippen molar-refractivity contribution in [3.8, 4) is 5.75 Å². The fourth-order valence-electron chi connectivity index (χ4n) is 1.70. The highest BCUT2D eigenvalue weighted by atomic mass is 32.2. The van der Waals surface area contributed by atoms with Crippen molar-refractivity contribution in [3.05, 3.63) is 29.8 Å². The highest BCUT2D eigenvalue weighted by Crippen LogP contribution is 2.33. The van der Waals surface area contributed by atoms with Gasteiger partial charge in [0.1, 0.15) is 11.9 Å². The van der Waals surface area contributed by atoms with Crippen LogP contribution in [0.1, 0.15) is 18.6 Å². The number of methoxy groups -OCH3 is 1. The molecule has 1 aliphatic heterocycles. The van der Waals surface area contributed by atoms with E-state index >= 15 is 0 Å². The molecule has 0 aliphatic carbocycles. The number of ether oxygens (including phenoxy) is 2. The van der Waals surface area contributed by atoms with Crippen LogP contribution in [0.2, 0.25) is 0 Å². The first-order valence-corrected chi connectivity index (χ1v) is 6.72. The Morgan fingerprint density at radius 3 is 2.58 bits per heavy atom. The Balaban J connectivity index is 2.19. The van der Waals surface area contributed by atoms with Gasteiger partial charge in [-0.1, -0.05) is 12.1 Å². The Morgan fingerprint density at radius 2 is 2.00 bits per heavy atom. The molecule has 0 saturated carbocycles. The topological polar surface area (TPSA) is 71.1 Å². The van der Waals surface area contributed by atoms with Crippen molar-refractivity contribution >= 4 is 17.3 Å². The fourth-order valence-corrected chi connectivity index (χ4v) is 2.48. The first-order valence-electron chi connectivity index (χ1n) is 5.72. The van der Waals surface area contributed by atoms with Crippen molar-refractivity contribution in [2.45, 2.75) is 19.1 Å². The minimum absolute atomic E-state index is 0.223. The maximum atomic E-state index is 11.7. The molecule has 0 amide bonds. The van der Waals surface area contributed by atoms with Gasteiger partial charge in [-0.05, 0) is 24.6 Å². The summed E-state index contributed by atoms with van der Waals surface area (Å²) in [6.07, 6.45) is -1.76. The molecule has 2 rings (SSSR count). The normalized spacial score (nSPS) is 26.1. The molecule has 0 spiro atoms. The molecule has 0 bridgehead atoms. The van der Waals surface area contributed by atoms with E-state index in [-0.39, 0.29) is 6.61 Å². The van der Waals surface area contributed by atoms with Crippen LogP contribution in [0.15, 0.2) is 24.3 Å². The molecule has 1 unspecified atom stereocenters. The molecule has 1 aromatic rings. The lowest BCUT2D eigenvalue weighted by Gasteiger charge is -2.14. The van der Waals surface area contributed by atoms with Gasteiger partial charge < -0.3 is 9.47 Å². The van der Waals surface area contributed by atoms with Crippen LogP contribution in [0, 0.1) is 0 Å². The summed E-state index contributed by atoms with van der Waals surface area (Å²) in [6, 6.07) is 6.90. The Morgan fingerprint density at radius 1 is 1.32 bits per heavy atom. The van der Waals surface area contributed by atoms with Crippen molar-refractivity contribution in [2.75, 3.05) is 13.7 Å². The monoisotopic (exact) mass is 286 g/mol. The zero-order valence-corrected chi connectivity index (χ0v) is 11.3. The van der Waals surface area contributed by atoms with Crippen LogP contribution in [-0.2, 0) is 29.3 Å². The molecule has 0 radical (unpaired) electrons. The van der Waals surface area contributed by atoms with Gasteiger partial charge in [0, 0.05) is 0 Å². The number of esters is 1. The van der Waals surface area contributed by atoms with Crippen LogP contribution in [-0.4, -0.2) is 30.0 Å². The molecule has 1 aliphatic rings. The van der Waals surface area contributed by atoms with E-state index in [0.717, 1.165) is 0 Å². The van der Waals surface area contributed by atoms with E-state index < -0.39 is 29.5 Å². The Labute approximate surface area is 113 Å². The molecule has 1 saturated heterocycles. The molecular weight excluding hydrogens is 272 g/mol. The lowest BCUT2D eigenvalue weighted by atomic mass is 10.0. The molecule has 1 aromatic carbocycles. The Kier molecular flexibility index (Phi) is 4.52. The average molecular weight is 286 g/mol. The molecule has 0 N–H and O–H groups in total. The molecule has 1 fully saturated rings. The van der Waals surface area contributed by atoms with E-state index in [1.54, 1.807) is 38.3 Å². The van der Waals surface area contributed by atoms with Gasteiger partial charge in [0.15, 0.2) is 0 Å². The van der Waals surface area contributed by atoms with Crippen LogP contribution < -0.4 is 4.74 Å². The van der Waals surface area contributed by atoms with Gasteiger partial charge in [-0.3, -0.25) is 4.18 Å². The molecule has 6 nitrogen and oxygen atoms in total. The van der Waals surface area contributed by atoms with Crippen LogP contribution in [0.3, 0.4) is 0 Å². The summed E-state index contributed by atoms with van der Waals surface area (Å²) in [6.45, 7) is 1.91. The predicted octanol–water partition coefficient (Wildman–Crippen LogP) is 1.29. The molecule has 104 valence electrons. The van der Waals surface area contributed by atoms with Gasteiger partial charge in [-0.2, -0.15) is 4.21 Å². The quantitative estimate of drug-likeness (QED) is 0.777. The summed E-state index contributed by atoms with van der Waals surface area (Å²) in [4.78, 5) is 11.7. The first-order chi connectivity index (χ1) is 9.15. The van der Waals surface area contributed by atoms with Crippen molar-refractivity contribution in [2.24, 2.45) is 0 Å². The number of carbonyl (C=O) groups excluding carboxylic acids is 1. The third-order valence-corrected chi connectivity index (χ3v) is 3.33. The smallest absolute Gasteiger partial charge is 0.339 e. The average Bonchev–Trinajstić information content (AvgIpc) is 2.81. The van der Waals surface area contributed by atoms with E-state index in [4.69, 9.17) is 17.8 Å². The number of rotatable bonds is 4. The molecule has 3 atom stereocenters. The van der Waals surface area contributed by atoms with E-state index in [1.165, 1.54) is 0 Å². The summed E-state index contributed by atoms with van der Waals surface area (Å²) in [7, 11) is 1.56. The van der Waals surface area contributed by atoms with Gasteiger partial charge >= 0.3 is 17.3 Å². The number of benzene rings is 1. The second kappa shape index (κ2) is 6.14. The summed E-state index contributed by atoms with van der Waals surface area (Å²) in [5, 5.41) is 0. The van der Waals surface area contributed by atoms with Gasteiger partial charge in [0.25, 0.3) is 0 Å². The number of hydrogen-bond donors (Lipinski definition) is 0. The third kappa shape index (κ3) is 3.12. The van der Waals surface area contributed by atoms with Crippen molar-refractivity contribution in [1.29, 1.82) is 0 Å². The maximum Gasteiger partial charge on any atom is 0.339 e. The highest BCUT2D eigenvalue weighted by Gasteiger charge is 2.42. The molecular formula is C12H14O6S. The second-order valence-corrected chi connectivity index (χ2v) is 4.56. The standard InChI is InChI=1S/C12H14O6S/c1-3-16-12(13)11-10(17-19(14)18-11)8-4-6-9(15-2)7-5-8/h4-7,10-11H,3H2,1-2H3/t10-,11+,19?/m0/s1. The van der Waals surface area contributed by atoms with E-state index in [2.05, 4.69) is 0 Å². The SMILES string of the molecule is CCOC(=O)[C@@H]1OS(=O)O[C@H]1c1ccc(OC)cc1. The largest absolute Gasteiger partial charge is 0.497 e. The van der Waals surface area contributed by atoms with Gasteiger partial charge in [-0.15, -0.1) is 0 Å². The minimum Gasteiger partial charge on any atom is -0.497 e. The van der Waals surface area contributed by atoms with Crippen molar-refractivity contribution in [3.63, 3.8) is 0 Å². The first kappa shape index (κ1) is 14.0. The maximum absolute atomic E-state index is 11.7. The summed E-state index contributed by atoms with van der Waals surface area (Å²) >= 11 is -1.95. The Hall–Kier alpha value is -1.44. The summed E-state index contributed by atoms with van der Waals surface area (Å²) in [5.74, 6) is 0.0886. The van der Waals surface area contributed by atoms with E-state index in [1.807, 2.05) is 0 Å². The van der Waals surface area contributed by atoms with Crippen LogP contribution >= 0.6 is 0 Å². The number of carbonyl (C=O) groups is 1. The van der Waals surface area contributed by atoms with Crippen molar-refractivity contribution in [1.82, 2.24) is 0 Å². The summed E-state index contributed by atoms with van der Waals surface area (Å²) < 4.78 is 31.3. The van der Waals surface area contributed by atoms with Crippen LogP contribution in [0.5, 0.6) is 5.75 Å². The molecule has 19 heavy (non-hydrogen) atoms. The zero-order chi connectivity index (χ0) is 13.8. The highest BCUT2D eigenvalue weighted by molar-refractivity contribution is 7.75. The van der Waals surface area contributed by atoms with E-state index in [0.29, 0.717) is 11.3 Å². The van der Waals surface area contributed by atoms with Crippen LogP contribution in [0.25, 0.3) is 0 Å². The third-order valence-electron chi connectivity index (χ3n) is 2.60. The fraction of sp³-hybridized carbons (Fsp3) is 0.417. The lowest BCUT2D eigenvalue weighted by Crippen LogP contribution is -2.28. The lowest BCUT2D eigenvalue weighted by molar-refractivity contribution is -0.152.